The molecule has 0 bridgehead atoms. The molecule has 0 aliphatic heterocycles. The minimum Gasteiger partial charge on any atom is -0.605 e. The van der Waals surface area contributed by atoms with Gasteiger partial charge in [-0.15, -0.1) is 7.05 Å². The SMILES string of the molecule is C=CNC(=O)c1ccccc1C(F)(F)F.CCN.CCN=Cc1ccc(OC(F)F)cc1.C[N-]/N=C/c1ccc(OC(F)F)cc1.O=C(N[C@@H]1CC1c1ccc(OC(F)F)cc1)c1ccccc1C(F)(F)F.O=Cc1ccc(OC(F)F)cc1.[Na+]. The molecule has 13 nitrogen and oxygen atoms in total. The van der Waals surface area contributed by atoms with Crippen molar-refractivity contribution in [3.8, 4) is 23.0 Å². The van der Waals surface area contributed by atoms with Crippen molar-refractivity contribution in [2.24, 2.45) is 15.8 Å². The number of amides is 2. The molecule has 1 saturated carbocycles. The fourth-order valence-electron chi connectivity index (χ4n) is 6.41. The van der Waals surface area contributed by atoms with Crippen molar-refractivity contribution in [2.45, 2.75) is 71.0 Å². The number of hydrogen-bond acceptors (Lipinski definition) is 10. The first-order valence-electron chi connectivity index (χ1n) is 24.3. The molecule has 2 atom stereocenters. The number of hydrogen-bond donors (Lipinski definition) is 3. The molecule has 1 aliphatic carbocycles. The summed E-state index contributed by atoms with van der Waals surface area (Å²) in [5, 5.41) is 8.33. The molecule has 4 N–H and O–H groups in total. The van der Waals surface area contributed by atoms with E-state index >= 15 is 0 Å². The topological polar surface area (TPSA) is 177 Å². The van der Waals surface area contributed by atoms with Gasteiger partial charge in [0.05, 0.1) is 22.3 Å². The molecule has 1 fully saturated rings. The summed E-state index contributed by atoms with van der Waals surface area (Å²) in [7, 11) is 1.55. The zero-order valence-electron chi connectivity index (χ0n) is 45.5. The number of aldehydes is 1. The summed E-state index contributed by atoms with van der Waals surface area (Å²) in [6, 6.07) is 32.7. The van der Waals surface area contributed by atoms with Crippen molar-refractivity contribution in [3.05, 3.63) is 208 Å². The van der Waals surface area contributed by atoms with E-state index in [0.29, 0.717) is 24.8 Å². The molecule has 2 amide bonds. The van der Waals surface area contributed by atoms with Crippen LogP contribution in [0.2, 0.25) is 0 Å². The summed E-state index contributed by atoms with van der Waals surface area (Å²) in [4.78, 5) is 37.6. The maximum absolute atomic E-state index is 13.0. The van der Waals surface area contributed by atoms with Crippen LogP contribution in [-0.2, 0) is 12.4 Å². The van der Waals surface area contributed by atoms with E-state index < -0.39 is 72.9 Å². The molecule has 1 aliphatic rings. The van der Waals surface area contributed by atoms with E-state index in [9.17, 15) is 75.8 Å². The van der Waals surface area contributed by atoms with Crippen molar-refractivity contribution < 1.29 is 124 Å². The van der Waals surface area contributed by atoms with Gasteiger partial charge in [0.25, 0.3) is 11.8 Å². The largest absolute Gasteiger partial charge is 1.00 e. The first kappa shape index (κ1) is 75.0. The van der Waals surface area contributed by atoms with Crippen LogP contribution in [0.25, 0.3) is 5.43 Å². The minimum absolute atomic E-state index is 0. The Morgan fingerprint density at radius 3 is 1.29 bits per heavy atom. The predicted molar refractivity (Wildman–Crippen MR) is 287 cm³/mol. The number of rotatable bonds is 18. The Kier molecular flexibility index (Phi) is 34.9. The Morgan fingerprint density at radius 1 is 0.600 bits per heavy atom. The normalized spacial score (nSPS) is 13.1. The van der Waals surface area contributed by atoms with Crippen LogP contribution in [0, 0.1) is 0 Å². The van der Waals surface area contributed by atoms with Gasteiger partial charge in [-0.3, -0.25) is 19.4 Å². The quantitative estimate of drug-likeness (QED) is 0.0250. The number of nitrogens with zero attached hydrogens (tertiary/aromatic N) is 3. The Bertz CT molecular complexity index is 2880. The average Bonchev–Trinajstić information content (AvgIpc) is 2.45. The molecular formula is C57H55F14N6NaO7. The van der Waals surface area contributed by atoms with Gasteiger partial charge in [-0.05, 0) is 152 Å². The summed E-state index contributed by atoms with van der Waals surface area (Å²) >= 11 is 0. The van der Waals surface area contributed by atoms with Gasteiger partial charge in [-0.25, -0.2) is 0 Å². The number of carbonyl (C=O) groups is 3. The van der Waals surface area contributed by atoms with Crippen LogP contribution >= 0.6 is 0 Å². The second-order valence-electron chi connectivity index (χ2n) is 16.1. The van der Waals surface area contributed by atoms with Crippen molar-refractivity contribution >= 4 is 30.5 Å². The van der Waals surface area contributed by atoms with Gasteiger partial charge in [0.15, 0.2) is 0 Å². The van der Waals surface area contributed by atoms with Crippen LogP contribution in [0.1, 0.15) is 85.1 Å². The van der Waals surface area contributed by atoms with E-state index in [2.05, 4.69) is 51.7 Å². The van der Waals surface area contributed by atoms with Crippen LogP contribution < -0.4 is 64.9 Å². The number of ether oxygens (including phenoxy) is 4. The Morgan fingerprint density at radius 2 is 0.953 bits per heavy atom. The molecule has 0 radical (unpaired) electrons. The summed E-state index contributed by atoms with van der Waals surface area (Å²) < 4.78 is 188. The second-order valence-corrected chi connectivity index (χ2v) is 16.1. The molecule has 6 aromatic carbocycles. The molecule has 454 valence electrons. The fourth-order valence-corrected chi connectivity index (χ4v) is 6.41. The molecule has 0 aromatic heterocycles. The molecule has 28 heteroatoms. The van der Waals surface area contributed by atoms with Crippen molar-refractivity contribution in [1.29, 1.82) is 0 Å². The van der Waals surface area contributed by atoms with E-state index in [4.69, 9.17) is 5.73 Å². The van der Waals surface area contributed by atoms with Crippen LogP contribution in [0.3, 0.4) is 0 Å². The molecule has 7 rings (SSSR count). The van der Waals surface area contributed by atoms with Gasteiger partial charge >= 0.3 is 68.4 Å². The third-order valence-electron chi connectivity index (χ3n) is 10.0. The van der Waals surface area contributed by atoms with Gasteiger partial charge in [0.2, 0.25) is 0 Å². The fraction of sp³-hybridized carbons (Fsp3) is 0.246. The number of benzene rings is 6. The standard InChI is InChI=1S/C18H14F5NO2.C10H8F3NO.C10H11F2NO.C9H9F2N2O.C8H6F2O2.C2H7N.Na/c19-17(20)26-11-7-5-10(6-8-11)13-9-15(13)24-16(25)12-3-1-2-4-14(12)18(21,22)23;1-2-14-9(15)7-5-3-4-6-8(7)10(11,12)13;1-2-13-7-8-3-5-9(6-4-8)14-10(11)12;1-12-13-6-7-2-4-8(5-3-7)14-9(10)11;9-8(10)12-7-3-1-6(5-11)2-4-7;1-2-3;/h1-8,13,15,17H,9H2,(H,24,25);2-6H,1H2,(H,14,15);3-7,10H,2H2,1H3;2-6,9H,1H3;1-5,8H;2-3H2,1H3;/q;;;-1;;;+1/b;;;13-6+;;;/t13?,15-;;;;;;/m1....../s1. The van der Waals surface area contributed by atoms with Crippen LogP contribution in [0.15, 0.2) is 168 Å². The van der Waals surface area contributed by atoms with E-state index in [-0.39, 0.29) is 64.5 Å². The summed E-state index contributed by atoms with van der Waals surface area (Å²) in [5.41, 5.74) is 8.46. The smallest absolute Gasteiger partial charge is 0.605 e. The van der Waals surface area contributed by atoms with E-state index in [0.717, 1.165) is 53.7 Å². The van der Waals surface area contributed by atoms with Gasteiger partial charge in [0, 0.05) is 36.5 Å². The minimum atomic E-state index is -4.61. The third kappa shape index (κ3) is 30.4. The zero-order valence-corrected chi connectivity index (χ0v) is 47.5. The number of alkyl halides is 14. The Balaban J connectivity index is 0.000000541. The molecule has 1 unspecified atom stereocenters. The van der Waals surface area contributed by atoms with E-state index in [1.807, 2.05) is 13.8 Å². The number of aliphatic imine (C=N–C) groups is 1. The Hall–Kier alpha value is -8.01. The van der Waals surface area contributed by atoms with Crippen LogP contribution in [0.5, 0.6) is 23.0 Å². The third-order valence-corrected chi connectivity index (χ3v) is 10.0. The van der Waals surface area contributed by atoms with Crippen molar-refractivity contribution in [3.63, 3.8) is 0 Å². The summed E-state index contributed by atoms with van der Waals surface area (Å²) in [5.74, 6) is -1.32. The van der Waals surface area contributed by atoms with Gasteiger partial charge < -0.3 is 45.8 Å². The monoisotopic (exact) mass is 1220 g/mol. The summed E-state index contributed by atoms with van der Waals surface area (Å²) in [6.07, 6.45) is -3.71. The van der Waals surface area contributed by atoms with Gasteiger partial charge in [-0.2, -0.15) is 61.5 Å². The molecule has 0 spiro atoms. The number of nitrogens with two attached hydrogens (primary N) is 1. The molecule has 6 aromatic rings. The molecule has 0 heterocycles. The molecular weight excluding hydrogens is 1170 g/mol. The van der Waals surface area contributed by atoms with E-state index in [1.165, 1.54) is 91.1 Å². The first-order valence-corrected chi connectivity index (χ1v) is 24.3. The van der Waals surface area contributed by atoms with Crippen LogP contribution in [-0.4, -0.2) is 83.2 Å². The van der Waals surface area contributed by atoms with E-state index in [1.54, 1.807) is 49.7 Å². The van der Waals surface area contributed by atoms with Gasteiger partial charge in [0.1, 0.15) is 29.3 Å². The van der Waals surface area contributed by atoms with Crippen LogP contribution in [0.4, 0.5) is 61.5 Å². The second kappa shape index (κ2) is 39.5. The summed E-state index contributed by atoms with van der Waals surface area (Å²) in [6.45, 7) is -2.82. The molecule has 0 saturated heterocycles. The van der Waals surface area contributed by atoms with Gasteiger partial charge in [-0.1, -0.05) is 49.9 Å². The molecule has 85 heavy (non-hydrogen) atoms. The maximum Gasteiger partial charge on any atom is 1.00 e. The van der Waals surface area contributed by atoms with Crippen molar-refractivity contribution in [1.82, 2.24) is 10.6 Å². The average molecular weight is 1230 g/mol. The number of carbonyl (C=O) groups excluding carboxylic acids is 3. The zero-order chi connectivity index (χ0) is 62.8. The maximum atomic E-state index is 13.0. The predicted octanol–water partition coefficient (Wildman–Crippen LogP) is 11.6. The number of nitrogens with one attached hydrogen (secondary N) is 2. The first-order chi connectivity index (χ1) is 39.8. The van der Waals surface area contributed by atoms with Crippen molar-refractivity contribution in [2.75, 3.05) is 20.1 Å². The Labute approximate surface area is 501 Å². The number of halogens is 14.